The molecule has 0 saturated carbocycles. The Kier molecular flexibility index (Phi) is 7.87. The van der Waals surface area contributed by atoms with E-state index in [-0.39, 0.29) is 10.1 Å². The summed E-state index contributed by atoms with van der Waals surface area (Å²) in [6.07, 6.45) is 5.83. The maximum absolute atomic E-state index is 10.7. The highest BCUT2D eigenvalue weighted by Crippen LogP contribution is 2.45. The average molecular weight is 434 g/mol. The summed E-state index contributed by atoms with van der Waals surface area (Å²) in [5, 5.41) is 21.5. The molecule has 0 bridgehead atoms. The zero-order chi connectivity index (χ0) is 20.9. The van der Waals surface area contributed by atoms with Gasteiger partial charge in [0.25, 0.3) is 0 Å². The number of nitrogens with zero attached hydrogens (tertiary/aromatic N) is 1. The molecule has 0 spiro atoms. The van der Waals surface area contributed by atoms with Crippen molar-refractivity contribution in [2.45, 2.75) is 50.9 Å². The van der Waals surface area contributed by atoms with Gasteiger partial charge in [-0.05, 0) is 67.7 Å². The van der Waals surface area contributed by atoms with Crippen molar-refractivity contribution in [2.24, 2.45) is 5.92 Å². The Labute approximate surface area is 181 Å². The van der Waals surface area contributed by atoms with E-state index in [0.717, 1.165) is 15.8 Å². The molecule has 0 radical (unpaired) electrons. The molecule has 1 aromatic heterocycles. The van der Waals surface area contributed by atoms with Gasteiger partial charge in [-0.1, -0.05) is 38.1 Å². The van der Waals surface area contributed by atoms with E-state index in [1.54, 1.807) is 12.2 Å². The number of fused-ring (bicyclic) bond motifs is 1. The Bertz CT molecular complexity index is 887. The molecule has 28 heavy (non-hydrogen) atoms. The fourth-order valence-corrected chi connectivity index (χ4v) is 5.60. The summed E-state index contributed by atoms with van der Waals surface area (Å²) in [6, 6.07) is 6.12. The summed E-state index contributed by atoms with van der Waals surface area (Å²) in [5.41, 5.74) is 1.04. The van der Waals surface area contributed by atoms with Gasteiger partial charge in [0.15, 0.2) is 10.1 Å². The molecule has 0 fully saturated rings. The highest BCUT2D eigenvalue weighted by atomic mass is 32.1. The number of aliphatic hydroxyl groups is 2. The van der Waals surface area contributed by atoms with E-state index in [1.807, 2.05) is 12.1 Å². The minimum Gasteiger partial charge on any atom is -0.502 e. The van der Waals surface area contributed by atoms with E-state index >= 15 is 0 Å². The summed E-state index contributed by atoms with van der Waals surface area (Å²) in [6.45, 7) is 11.8. The molecule has 2 unspecified atom stereocenters. The molecule has 3 nitrogen and oxygen atoms in total. The summed E-state index contributed by atoms with van der Waals surface area (Å²) in [4.78, 5) is 4.93. The third kappa shape index (κ3) is 4.34. The number of thiazole rings is 1. The molecule has 150 valence electrons. The van der Waals surface area contributed by atoms with E-state index in [0.29, 0.717) is 36.6 Å². The average Bonchev–Trinajstić information content (AvgIpc) is 3.08. The van der Waals surface area contributed by atoms with Gasteiger partial charge in [-0.15, -0.1) is 24.5 Å². The number of rotatable bonds is 11. The molecular weight excluding hydrogens is 406 g/mol. The van der Waals surface area contributed by atoms with Gasteiger partial charge in [0.2, 0.25) is 0 Å². The second-order valence-corrected chi connectivity index (χ2v) is 9.06. The van der Waals surface area contributed by atoms with Crippen LogP contribution < -0.4 is 0 Å². The van der Waals surface area contributed by atoms with Crippen molar-refractivity contribution in [1.82, 2.24) is 4.98 Å². The second-order valence-electron chi connectivity index (χ2n) is 7.23. The zero-order valence-corrected chi connectivity index (χ0v) is 18.8. The molecule has 2 N–H and O–H groups in total. The van der Waals surface area contributed by atoms with Crippen molar-refractivity contribution in [3.05, 3.63) is 54.1 Å². The first kappa shape index (κ1) is 22.7. The van der Waals surface area contributed by atoms with Crippen molar-refractivity contribution < 1.29 is 10.2 Å². The fraction of sp³-hybridized carbons (Fsp3) is 0.409. The van der Waals surface area contributed by atoms with Crippen LogP contribution in [0.1, 0.15) is 56.0 Å². The number of benzene rings is 1. The Balaban J connectivity index is 2.76. The van der Waals surface area contributed by atoms with Crippen molar-refractivity contribution >= 4 is 56.1 Å². The van der Waals surface area contributed by atoms with Crippen LogP contribution in [0.15, 0.2) is 43.5 Å². The minimum absolute atomic E-state index is 0.161. The molecule has 0 aliphatic carbocycles. The first-order valence-corrected chi connectivity index (χ1v) is 11.0. The molecule has 2 aromatic rings. The Hall–Kier alpha value is -1.63. The lowest BCUT2D eigenvalue weighted by Crippen LogP contribution is -2.45. The van der Waals surface area contributed by atoms with Crippen molar-refractivity contribution in [3.8, 4) is 0 Å². The summed E-state index contributed by atoms with van der Waals surface area (Å²) in [7, 11) is 0. The largest absolute Gasteiger partial charge is 0.502 e. The molecule has 0 saturated heterocycles. The monoisotopic (exact) mass is 433 g/mol. The first-order valence-electron chi connectivity index (χ1n) is 9.37. The Morgan fingerprint density at radius 3 is 2.43 bits per heavy atom. The predicted octanol–water partition coefficient (Wildman–Crippen LogP) is 6.98. The van der Waals surface area contributed by atoms with Gasteiger partial charge in [0.05, 0.1) is 10.2 Å². The highest BCUT2D eigenvalue weighted by molar-refractivity contribution is 7.80. The first-order chi connectivity index (χ1) is 13.3. The summed E-state index contributed by atoms with van der Waals surface area (Å²) in [5.74, 6) is -0.209. The zero-order valence-electron chi connectivity index (χ0n) is 16.4. The molecule has 0 aliphatic rings. The van der Waals surface area contributed by atoms with Gasteiger partial charge >= 0.3 is 0 Å². The standard InChI is InChI=1S/C22H27NO2S3/c1-5-7-11-16(19(24)26)22(21(25)27,13-8-6-2)20-23-18-15(14(3)4)10-9-12-17(18)28-20/h5-6,9-10,12,14,16H,1-2,7-8,11,13H2,3-4H3,(H,24,26)(H,25,27). The van der Waals surface area contributed by atoms with Crippen molar-refractivity contribution in [2.75, 3.05) is 0 Å². The SMILES string of the molecule is C=CCCC(C(O)=S)C(CCC=C)(C(O)=S)c1nc2c(C(C)C)cccc2s1. The van der Waals surface area contributed by atoms with Crippen LogP contribution in [0.25, 0.3) is 10.2 Å². The van der Waals surface area contributed by atoms with Crippen LogP contribution in [0.4, 0.5) is 0 Å². The predicted molar refractivity (Wildman–Crippen MR) is 128 cm³/mol. The molecule has 1 heterocycles. The molecule has 6 heteroatoms. The van der Waals surface area contributed by atoms with Gasteiger partial charge in [-0.3, -0.25) is 0 Å². The van der Waals surface area contributed by atoms with E-state index in [9.17, 15) is 10.2 Å². The van der Waals surface area contributed by atoms with Gasteiger partial charge in [0, 0.05) is 5.92 Å². The van der Waals surface area contributed by atoms with E-state index in [1.165, 1.54) is 11.3 Å². The Morgan fingerprint density at radius 2 is 1.89 bits per heavy atom. The molecule has 2 rings (SSSR count). The normalized spacial score (nSPS) is 14.5. The lowest BCUT2D eigenvalue weighted by molar-refractivity contribution is 0.323. The van der Waals surface area contributed by atoms with E-state index < -0.39 is 11.3 Å². The quantitative estimate of drug-likeness (QED) is 0.296. The van der Waals surface area contributed by atoms with Crippen molar-refractivity contribution in [3.63, 3.8) is 0 Å². The number of hydrogen-bond donors (Lipinski definition) is 2. The minimum atomic E-state index is -1.03. The molecule has 0 amide bonds. The molecule has 2 atom stereocenters. The highest BCUT2D eigenvalue weighted by Gasteiger charge is 2.48. The number of aromatic nitrogens is 1. The number of thiocarbonyl (C=S) groups is 2. The summed E-state index contributed by atoms with van der Waals surface area (Å²) >= 11 is 12.1. The van der Waals surface area contributed by atoms with Crippen LogP contribution in [-0.4, -0.2) is 25.3 Å². The van der Waals surface area contributed by atoms with E-state index in [2.05, 4.69) is 33.1 Å². The number of hydrogen-bond acceptors (Lipinski definition) is 4. The van der Waals surface area contributed by atoms with Crippen LogP contribution >= 0.6 is 35.8 Å². The van der Waals surface area contributed by atoms with Gasteiger partial charge in [-0.25, -0.2) is 4.98 Å². The Morgan fingerprint density at radius 1 is 1.21 bits per heavy atom. The second kappa shape index (κ2) is 9.72. The van der Waals surface area contributed by atoms with Crippen LogP contribution in [0.2, 0.25) is 0 Å². The third-order valence-corrected chi connectivity index (χ3v) is 6.98. The molecular formula is C22H27NO2S3. The molecule has 0 aliphatic heterocycles. The van der Waals surface area contributed by atoms with Gasteiger partial charge in [-0.2, -0.15) is 0 Å². The number of allylic oxidation sites excluding steroid dienone is 2. The number of para-hydroxylation sites is 1. The third-order valence-electron chi connectivity index (χ3n) is 5.13. The van der Waals surface area contributed by atoms with Gasteiger partial charge in [0.1, 0.15) is 10.4 Å². The lowest BCUT2D eigenvalue weighted by atomic mass is 9.71. The fourth-order valence-electron chi connectivity index (χ4n) is 3.60. The maximum Gasteiger partial charge on any atom is 0.170 e. The van der Waals surface area contributed by atoms with Crippen LogP contribution in [0, 0.1) is 5.92 Å². The molecule has 1 aromatic carbocycles. The van der Waals surface area contributed by atoms with Crippen LogP contribution in [0.5, 0.6) is 0 Å². The van der Waals surface area contributed by atoms with Crippen LogP contribution in [-0.2, 0) is 5.41 Å². The lowest BCUT2D eigenvalue weighted by Gasteiger charge is -2.36. The van der Waals surface area contributed by atoms with Gasteiger partial charge < -0.3 is 10.2 Å². The summed E-state index contributed by atoms with van der Waals surface area (Å²) < 4.78 is 1.03. The number of aliphatic hydroxyl groups excluding tert-OH is 2. The van der Waals surface area contributed by atoms with Crippen molar-refractivity contribution in [1.29, 1.82) is 0 Å². The van der Waals surface area contributed by atoms with Crippen LogP contribution in [0.3, 0.4) is 0 Å². The van der Waals surface area contributed by atoms with E-state index in [4.69, 9.17) is 29.4 Å². The topological polar surface area (TPSA) is 53.4 Å². The smallest absolute Gasteiger partial charge is 0.170 e. The maximum atomic E-state index is 10.7.